The first-order valence-corrected chi connectivity index (χ1v) is 6.83. The van der Waals surface area contributed by atoms with Crippen LogP contribution in [-0.2, 0) is 6.42 Å². The molecule has 0 amide bonds. The maximum Gasteiger partial charge on any atom is 0.0621 e. The van der Waals surface area contributed by atoms with Gasteiger partial charge in [0.1, 0.15) is 0 Å². The first-order chi connectivity index (χ1) is 8.72. The van der Waals surface area contributed by atoms with E-state index in [1.165, 1.54) is 0 Å². The average Bonchev–Trinajstić information content (AvgIpc) is 2.39. The highest BCUT2D eigenvalue weighted by atomic mass is 79.9. The highest BCUT2D eigenvalue weighted by Crippen LogP contribution is 2.29. The number of halogens is 2. The van der Waals surface area contributed by atoms with E-state index in [1.54, 1.807) is 12.4 Å². The lowest BCUT2D eigenvalue weighted by Crippen LogP contribution is -2.09. The Morgan fingerprint density at radius 2 is 2.06 bits per heavy atom. The Bertz CT molecular complexity index is 533. The van der Waals surface area contributed by atoms with Gasteiger partial charge in [0.2, 0.25) is 0 Å². The van der Waals surface area contributed by atoms with Gasteiger partial charge in [0.05, 0.1) is 11.6 Å². The van der Waals surface area contributed by atoms with Gasteiger partial charge in [-0.1, -0.05) is 45.7 Å². The van der Waals surface area contributed by atoms with Crippen LogP contribution in [0.25, 0.3) is 0 Å². The van der Waals surface area contributed by atoms with E-state index in [-0.39, 0.29) is 12.5 Å². The molecule has 2 aromatic rings. The Balaban J connectivity index is 2.26. The fourth-order valence-electron chi connectivity index (χ4n) is 1.91. The van der Waals surface area contributed by atoms with E-state index >= 15 is 0 Å². The van der Waals surface area contributed by atoms with Gasteiger partial charge >= 0.3 is 0 Å². The number of nitrogens with zero attached hydrogens (tertiary/aromatic N) is 1. The van der Waals surface area contributed by atoms with Gasteiger partial charge in [-0.15, -0.1) is 0 Å². The molecule has 1 unspecified atom stereocenters. The molecule has 2 nitrogen and oxygen atoms in total. The Hall–Kier alpha value is -0.900. The molecule has 2 rings (SSSR count). The highest BCUT2D eigenvalue weighted by Gasteiger charge is 2.15. The summed E-state index contributed by atoms with van der Waals surface area (Å²) in [6.45, 7) is 0.0846. The number of pyridine rings is 1. The Kier molecular flexibility index (Phi) is 4.75. The van der Waals surface area contributed by atoms with Crippen molar-refractivity contribution >= 4 is 27.5 Å². The second-order valence-electron chi connectivity index (χ2n) is 4.07. The largest absolute Gasteiger partial charge is 0.396 e. The molecule has 0 bridgehead atoms. The van der Waals surface area contributed by atoms with Crippen molar-refractivity contribution in [1.82, 2.24) is 4.98 Å². The number of benzene rings is 1. The van der Waals surface area contributed by atoms with Gasteiger partial charge in [0.25, 0.3) is 0 Å². The standard InChI is InChI=1S/C14H13BrClNO/c15-13-4-2-1-3-12(13)11(9-18)7-10-5-6-17-8-14(10)16/h1-6,8,11,18H,7,9H2. The van der Waals surface area contributed by atoms with Crippen LogP contribution in [0.15, 0.2) is 47.2 Å². The zero-order valence-corrected chi connectivity index (χ0v) is 12.0. The molecule has 18 heavy (non-hydrogen) atoms. The first kappa shape index (κ1) is 13.5. The number of aliphatic hydroxyl groups excluding tert-OH is 1. The van der Waals surface area contributed by atoms with Crippen LogP contribution in [0, 0.1) is 0 Å². The van der Waals surface area contributed by atoms with E-state index in [2.05, 4.69) is 20.9 Å². The van der Waals surface area contributed by atoms with Crippen LogP contribution in [0.1, 0.15) is 17.0 Å². The minimum absolute atomic E-state index is 0.0282. The SMILES string of the molecule is OCC(Cc1ccncc1Cl)c1ccccc1Br. The summed E-state index contributed by atoms with van der Waals surface area (Å²) in [5.41, 5.74) is 2.09. The fraction of sp³-hybridized carbons (Fsp3) is 0.214. The molecule has 0 aliphatic carbocycles. The lowest BCUT2D eigenvalue weighted by atomic mass is 9.93. The summed E-state index contributed by atoms with van der Waals surface area (Å²) >= 11 is 9.61. The molecule has 1 aromatic carbocycles. The molecule has 94 valence electrons. The lowest BCUT2D eigenvalue weighted by molar-refractivity contribution is 0.264. The normalized spacial score (nSPS) is 12.4. The average molecular weight is 327 g/mol. The quantitative estimate of drug-likeness (QED) is 0.926. The van der Waals surface area contributed by atoms with Crippen LogP contribution in [0.5, 0.6) is 0 Å². The van der Waals surface area contributed by atoms with Crippen molar-refractivity contribution in [2.75, 3.05) is 6.61 Å². The predicted molar refractivity (Wildman–Crippen MR) is 76.9 cm³/mol. The van der Waals surface area contributed by atoms with E-state index in [9.17, 15) is 5.11 Å². The van der Waals surface area contributed by atoms with E-state index in [0.29, 0.717) is 11.4 Å². The van der Waals surface area contributed by atoms with Crippen molar-refractivity contribution in [3.05, 3.63) is 63.3 Å². The Labute approximate surface area is 120 Å². The van der Waals surface area contributed by atoms with E-state index < -0.39 is 0 Å². The van der Waals surface area contributed by atoms with Crippen molar-refractivity contribution in [2.45, 2.75) is 12.3 Å². The second kappa shape index (κ2) is 6.32. The summed E-state index contributed by atoms with van der Waals surface area (Å²) in [6, 6.07) is 9.81. The summed E-state index contributed by atoms with van der Waals surface area (Å²) in [5, 5.41) is 10.2. The van der Waals surface area contributed by atoms with E-state index in [4.69, 9.17) is 11.6 Å². The topological polar surface area (TPSA) is 33.1 Å². The van der Waals surface area contributed by atoms with Crippen LogP contribution >= 0.6 is 27.5 Å². The monoisotopic (exact) mass is 325 g/mol. The second-order valence-corrected chi connectivity index (χ2v) is 5.33. The van der Waals surface area contributed by atoms with Crippen molar-refractivity contribution in [2.24, 2.45) is 0 Å². The van der Waals surface area contributed by atoms with Crippen molar-refractivity contribution in [3.8, 4) is 0 Å². The maximum absolute atomic E-state index is 9.58. The number of aromatic nitrogens is 1. The molecular formula is C14H13BrClNO. The zero-order valence-electron chi connectivity index (χ0n) is 9.68. The van der Waals surface area contributed by atoms with Crippen LogP contribution in [0.3, 0.4) is 0 Å². The molecule has 1 aromatic heterocycles. The van der Waals surface area contributed by atoms with Gasteiger partial charge < -0.3 is 5.11 Å². The van der Waals surface area contributed by atoms with Crippen LogP contribution in [0.4, 0.5) is 0 Å². The molecule has 0 radical (unpaired) electrons. The molecule has 0 aliphatic rings. The third kappa shape index (κ3) is 3.10. The smallest absolute Gasteiger partial charge is 0.0621 e. The van der Waals surface area contributed by atoms with Gasteiger partial charge in [-0.25, -0.2) is 0 Å². The minimum Gasteiger partial charge on any atom is -0.396 e. The van der Waals surface area contributed by atoms with Crippen molar-refractivity contribution in [3.63, 3.8) is 0 Å². The Morgan fingerprint density at radius 1 is 1.28 bits per heavy atom. The van der Waals surface area contributed by atoms with Crippen molar-refractivity contribution in [1.29, 1.82) is 0 Å². The number of rotatable bonds is 4. The molecule has 0 aliphatic heterocycles. The van der Waals surface area contributed by atoms with Crippen molar-refractivity contribution < 1.29 is 5.11 Å². The molecule has 4 heteroatoms. The number of aliphatic hydroxyl groups is 1. The first-order valence-electron chi connectivity index (χ1n) is 5.66. The predicted octanol–water partition coefficient (Wildman–Crippen LogP) is 3.82. The van der Waals surface area contributed by atoms with Crippen LogP contribution in [0.2, 0.25) is 5.02 Å². The molecule has 1 atom stereocenters. The summed E-state index contributed by atoms with van der Waals surface area (Å²) in [5.74, 6) is 0.0282. The third-order valence-electron chi connectivity index (χ3n) is 2.89. The molecule has 0 fully saturated rings. The van der Waals surface area contributed by atoms with Gasteiger partial charge in [-0.2, -0.15) is 0 Å². The zero-order chi connectivity index (χ0) is 13.0. The highest BCUT2D eigenvalue weighted by molar-refractivity contribution is 9.10. The molecule has 0 spiro atoms. The lowest BCUT2D eigenvalue weighted by Gasteiger charge is -2.16. The van der Waals surface area contributed by atoms with Crippen LogP contribution < -0.4 is 0 Å². The summed E-state index contributed by atoms with van der Waals surface area (Å²) < 4.78 is 1.01. The number of hydrogen-bond donors (Lipinski definition) is 1. The van der Waals surface area contributed by atoms with E-state index in [0.717, 1.165) is 15.6 Å². The molecular weight excluding hydrogens is 314 g/mol. The fourth-order valence-corrected chi connectivity index (χ4v) is 2.72. The Morgan fingerprint density at radius 3 is 2.72 bits per heavy atom. The van der Waals surface area contributed by atoms with Gasteiger partial charge in [-0.05, 0) is 29.7 Å². The van der Waals surface area contributed by atoms with E-state index in [1.807, 2.05) is 30.3 Å². The molecule has 0 saturated carbocycles. The third-order valence-corrected chi connectivity index (χ3v) is 3.95. The molecule has 1 N–H and O–H groups in total. The summed E-state index contributed by atoms with van der Waals surface area (Å²) in [4.78, 5) is 3.96. The summed E-state index contributed by atoms with van der Waals surface area (Å²) in [7, 11) is 0. The molecule has 1 heterocycles. The van der Waals surface area contributed by atoms with Gasteiger partial charge in [-0.3, -0.25) is 4.98 Å². The van der Waals surface area contributed by atoms with Gasteiger partial charge in [0.15, 0.2) is 0 Å². The molecule has 0 saturated heterocycles. The van der Waals surface area contributed by atoms with Gasteiger partial charge in [0, 0.05) is 22.8 Å². The maximum atomic E-state index is 9.58. The number of hydrogen-bond acceptors (Lipinski definition) is 2. The summed E-state index contributed by atoms with van der Waals surface area (Å²) in [6.07, 6.45) is 4.04. The minimum atomic E-state index is 0.0282. The van der Waals surface area contributed by atoms with Crippen LogP contribution in [-0.4, -0.2) is 16.7 Å².